The summed E-state index contributed by atoms with van der Waals surface area (Å²) >= 11 is 5.43. The summed E-state index contributed by atoms with van der Waals surface area (Å²) in [7, 11) is 0. The molecule has 2 aromatic heterocycles. The second-order valence-electron chi connectivity index (χ2n) is 13.4. The molecule has 0 amide bonds. The number of nitriles is 2. The van der Waals surface area contributed by atoms with E-state index in [0.29, 0.717) is 29.0 Å². The number of H-pyrrole nitrogens is 2. The number of aromatic nitrogens is 2. The summed E-state index contributed by atoms with van der Waals surface area (Å²) in [5.74, 6) is 2.03. The smallest absolute Gasteiger partial charge is 0.267 e. The van der Waals surface area contributed by atoms with Gasteiger partial charge < -0.3 is 29.2 Å². The lowest BCUT2D eigenvalue weighted by Crippen LogP contribution is -2.40. The molecule has 0 radical (unpaired) electrons. The number of pyridine rings is 2. The predicted octanol–water partition coefficient (Wildman–Crippen LogP) is 4.57. The van der Waals surface area contributed by atoms with Gasteiger partial charge in [0.15, 0.2) is 0 Å². The molecule has 2 aliphatic carbocycles. The number of ether oxygens (including phenoxy) is 2. The van der Waals surface area contributed by atoms with Gasteiger partial charge in [0.05, 0.1) is 32.0 Å². The molecule has 42 heavy (non-hydrogen) atoms. The van der Waals surface area contributed by atoms with Gasteiger partial charge in [-0.15, -0.1) is 0 Å². The largest absolute Gasteiger partial charge is 0.378 e. The molecule has 0 unspecified atom stereocenters. The molecule has 6 rings (SSSR count). The van der Waals surface area contributed by atoms with Gasteiger partial charge in [-0.2, -0.15) is 10.5 Å². The Balaban J connectivity index is 0.000000168. The van der Waals surface area contributed by atoms with Crippen LogP contribution in [0.4, 0.5) is 11.6 Å². The van der Waals surface area contributed by atoms with Crippen molar-refractivity contribution in [1.82, 2.24) is 9.97 Å². The quantitative estimate of drug-likeness (QED) is 0.488. The minimum atomic E-state index is -0.254. The average molecular weight is 591 g/mol. The van der Waals surface area contributed by atoms with Gasteiger partial charge in [0.1, 0.15) is 34.0 Å². The van der Waals surface area contributed by atoms with E-state index in [4.69, 9.17) is 21.7 Å². The number of morpholine rings is 2. The Bertz CT molecular complexity index is 1420. The number of hydrogen-bond acceptors (Lipinski definition) is 8. The molecule has 4 heterocycles. The molecular weight excluding hydrogens is 548 g/mol. The molecule has 224 valence electrons. The lowest BCUT2D eigenvalue weighted by Gasteiger charge is -2.36. The van der Waals surface area contributed by atoms with Crippen molar-refractivity contribution in [3.8, 4) is 12.1 Å². The highest BCUT2D eigenvalue weighted by Gasteiger charge is 2.33. The van der Waals surface area contributed by atoms with Gasteiger partial charge in [-0.05, 0) is 71.6 Å². The fourth-order valence-electron chi connectivity index (χ4n) is 6.69. The van der Waals surface area contributed by atoms with Crippen LogP contribution in [0.1, 0.15) is 73.9 Å². The van der Waals surface area contributed by atoms with Crippen molar-refractivity contribution >= 4 is 23.9 Å². The van der Waals surface area contributed by atoms with E-state index in [1.807, 2.05) is 0 Å². The molecule has 2 fully saturated rings. The van der Waals surface area contributed by atoms with Gasteiger partial charge >= 0.3 is 0 Å². The molecule has 2 aromatic rings. The van der Waals surface area contributed by atoms with Crippen molar-refractivity contribution in [2.45, 2.75) is 66.2 Å². The molecule has 0 aromatic carbocycles. The Kier molecular flexibility index (Phi) is 8.80. The highest BCUT2D eigenvalue weighted by Crippen LogP contribution is 2.40. The maximum atomic E-state index is 12.3. The average Bonchev–Trinajstić information content (AvgIpc) is 2.96. The number of aromatic amines is 2. The highest BCUT2D eigenvalue weighted by molar-refractivity contribution is 7.71. The van der Waals surface area contributed by atoms with Crippen LogP contribution in [0.2, 0.25) is 0 Å². The second kappa shape index (κ2) is 12.2. The number of nitrogens with zero attached hydrogens (tertiary/aromatic N) is 4. The van der Waals surface area contributed by atoms with E-state index in [1.165, 1.54) is 11.1 Å². The van der Waals surface area contributed by atoms with Crippen LogP contribution in [0.3, 0.4) is 0 Å². The monoisotopic (exact) mass is 590 g/mol. The normalized spacial score (nSPS) is 20.7. The molecule has 0 bridgehead atoms. The summed E-state index contributed by atoms with van der Waals surface area (Å²) in [5.41, 5.74) is 5.68. The Labute approximate surface area is 253 Å². The topological polar surface area (TPSA) is 121 Å². The summed E-state index contributed by atoms with van der Waals surface area (Å²) in [6.45, 7) is 15.2. The zero-order chi connectivity index (χ0) is 30.1. The summed E-state index contributed by atoms with van der Waals surface area (Å²) in [6.07, 6.45) is 5.88. The standard InChI is InChI=1S/C16H21N3O2.C16H21N3OS/c1-16(2)4-3-11-12(9-16)13(10-17)15(20)18-14(11)19-5-7-21-8-6-19;1-16(2)4-3-11-12(9-16)13(10-17)15(21)18-14(11)19-5-7-20-8-6-19/h3-9H2,1-2H3,(H,18,20);3-9H2,1-2H3,(H,18,21). The Hall–Kier alpha value is -3.18. The maximum absolute atomic E-state index is 12.3. The van der Waals surface area contributed by atoms with E-state index in [1.54, 1.807) is 0 Å². The molecule has 10 heteroatoms. The van der Waals surface area contributed by atoms with Crippen molar-refractivity contribution in [2.75, 3.05) is 62.4 Å². The molecule has 2 aliphatic heterocycles. The van der Waals surface area contributed by atoms with E-state index < -0.39 is 0 Å². The number of rotatable bonds is 2. The lowest BCUT2D eigenvalue weighted by atomic mass is 9.73. The maximum Gasteiger partial charge on any atom is 0.267 e. The number of fused-ring (bicyclic) bond motifs is 2. The first-order valence-corrected chi connectivity index (χ1v) is 15.5. The third-order valence-corrected chi connectivity index (χ3v) is 9.42. The van der Waals surface area contributed by atoms with Gasteiger partial charge in [-0.25, -0.2) is 0 Å². The summed E-state index contributed by atoms with van der Waals surface area (Å²) in [6, 6.07) is 4.42. The minimum Gasteiger partial charge on any atom is -0.378 e. The van der Waals surface area contributed by atoms with Gasteiger partial charge in [0.2, 0.25) is 0 Å². The van der Waals surface area contributed by atoms with Crippen molar-refractivity contribution < 1.29 is 9.47 Å². The van der Waals surface area contributed by atoms with Crippen LogP contribution < -0.4 is 15.4 Å². The van der Waals surface area contributed by atoms with E-state index in [9.17, 15) is 15.3 Å². The number of hydrogen-bond donors (Lipinski definition) is 2. The van der Waals surface area contributed by atoms with Crippen LogP contribution in [0, 0.1) is 38.1 Å². The van der Waals surface area contributed by atoms with Crippen LogP contribution in [0.25, 0.3) is 0 Å². The molecular formula is C32H42N6O3S. The lowest BCUT2D eigenvalue weighted by molar-refractivity contribution is 0.122. The first-order valence-electron chi connectivity index (χ1n) is 15.1. The Morgan fingerprint density at radius 1 is 0.714 bits per heavy atom. The number of nitrogens with one attached hydrogen (secondary N) is 2. The minimum absolute atomic E-state index is 0.147. The fourth-order valence-corrected chi connectivity index (χ4v) is 6.96. The first kappa shape index (κ1) is 30.3. The van der Waals surface area contributed by atoms with Gasteiger partial charge in [0, 0.05) is 26.2 Å². The van der Waals surface area contributed by atoms with Crippen molar-refractivity contribution in [1.29, 1.82) is 10.5 Å². The number of anilines is 2. The summed E-state index contributed by atoms with van der Waals surface area (Å²) in [5, 5.41) is 18.8. The van der Waals surface area contributed by atoms with Gasteiger partial charge in [-0.1, -0.05) is 39.9 Å². The Morgan fingerprint density at radius 3 is 1.60 bits per heavy atom. The SMILES string of the molecule is CC1(C)CCc2c(N3CCOCC3)[nH]c(=O)c(C#N)c2C1.CC1(C)CCc2c(N3CCOCC3)[nH]c(=S)c(C#N)c2C1. The van der Waals surface area contributed by atoms with E-state index >= 15 is 0 Å². The van der Waals surface area contributed by atoms with Crippen LogP contribution >= 0.6 is 12.2 Å². The molecule has 0 saturated carbocycles. The van der Waals surface area contributed by atoms with E-state index in [0.717, 1.165) is 101 Å². The zero-order valence-corrected chi connectivity index (χ0v) is 26.1. The molecule has 9 nitrogen and oxygen atoms in total. The third kappa shape index (κ3) is 6.27. The predicted molar refractivity (Wildman–Crippen MR) is 166 cm³/mol. The van der Waals surface area contributed by atoms with Crippen LogP contribution in [-0.4, -0.2) is 62.6 Å². The van der Waals surface area contributed by atoms with Crippen LogP contribution in [0.15, 0.2) is 4.79 Å². The second-order valence-corrected chi connectivity index (χ2v) is 13.8. The molecule has 0 atom stereocenters. The van der Waals surface area contributed by atoms with Gasteiger partial charge in [0.25, 0.3) is 5.56 Å². The Morgan fingerprint density at radius 2 is 1.14 bits per heavy atom. The van der Waals surface area contributed by atoms with E-state index in [2.05, 4.69) is 59.6 Å². The summed E-state index contributed by atoms with van der Waals surface area (Å²) < 4.78 is 11.4. The van der Waals surface area contributed by atoms with Crippen molar-refractivity contribution in [3.63, 3.8) is 0 Å². The van der Waals surface area contributed by atoms with Crippen LogP contribution in [0.5, 0.6) is 0 Å². The molecule has 0 spiro atoms. The fraction of sp³-hybridized carbons (Fsp3) is 0.625. The zero-order valence-electron chi connectivity index (χ0n) is 25.3. The molecule has 2 saturated heterocycles. The molecule has 4 aliphatic rings. The van der Waals surface area contributed by atoms with Crippen molar-refractivity contribution in [2.24, 2.45) is 10.8 Å². The van der Waals surface area contributed by atoms with Gasteiger partial charge in [-0.3, -0.25) is 4.79 Å². The first-order chi connectivity index (χ1) is 20.0. The molecule has 2 N–H and O–H groups in total. The highest BCUT2D eigenvalue weighted by atomic mass is 32.1. The third-order valence-electron chi connectivity index (χ3n) is 9.11. The van der Waals surface area contributed by atoms with Crippen LogP contribution in [-0.2, 0) is 35.2 Å². The van der Waals surface area contributed by atoms with Crippen molar-refractivity contribution in [3.05, 3.63) is 48.4 Å². The van der Waals surface area contributed by atoms with E-state index in [-0.39, 0.29) is 16.4 Å². The summed E-state index contributed by atoms with van der Waals surface area (Å²) in [4.78, 5) is 23.0.